The molecule has 0 spiro atoms. The van der Waals surface area contributed by atoms with Crippen LogP contribution in [0, 0.1) is 0 Å². The van der Waals surface area contributed by atoms with Crippen molar-refractivity contribution < 1.29 is 4.79 Å². The fraction of sp³-hybridized carbons (Fsp3) is 0.267. The van der Waals surface area contributed by atoms with Gasteiger partial charge in [0.15, 0.2) is 5.69 Å². The van der Waals surface area contributed by atoms with Crippen LogP contribution >= 0.6 is 0 Å². The normalized spacial score (nSPS) is 17.6. The Hall–Kier alpha value is -3.03. The Bertz CT molecular complexity index is 833. The van der Waals surface area contributed by atoms with Crippen LogP contribution in [-0.2, 0) is 0 Å². The molecule has 8 heteroatoms. The average Bonchev–Trinajstić information content (AvgIpc) is 3.26. The van der Waals surface area contributed by atoms with E-state index in [-0.39, 0.29) is 11.9 Å². The molecule has 1 aliphatic heterocycles. The highest BCUT2D eigenvalue weighted by atomic mass is 16.2. The van der Waals surface area contributed by atoms with Crippen LogP contribution in [0.3, 0.4) is 0 Å². The Kier molecular flexibility index (Phi) is 3.34. The maximum atomic E-state index is 12.2. The van der Waals surface area contributed by atoms with Crippen LogP contribution in [-0.4, -0.2) is 55.3 Å². The highest BCUT2D eigenvalue weighted by molar-refractivity contribution is 5.92. The first-order valence-corrected chi connectivity index (χ1v) is 7.43. The predicted octanol–water partition coefficient (Wildman–Crippen LogP) is 1.07. The van der Waals surface area contributed by atoms with Crippen molar-refractivity contribution >= 4 is 22.8 Å². The highest BCUT2D eigenvalue weighted by Gasteiger charge is 2.28. The van der Waals surface area contributed by atoms with Gasteiger partial charge in [0.05, 0.1) is 23.4 Å². The van der Waals surface area contributed by atoms with Crippen LogP contribution in [0.25, 0.3) is 11.0 Å². The molecule has 116 valence electrons. The molecule has 4 rings (SSSR count). The molecule has 2 N–H and O–H groups in total. The Labute approximate surface area is 131 Å². The molecule has 1 atom stereocenters. The summed E-state index contributed by atoms with van der Waals surface area (Å²) in [6, 6.07) is 7.90. The van der Waals surface area contributed by atoms with Crippen molar-refractivity contribution in [2.24, 2.45) is 0 Å². The minimum Gasteiger partial charge on any atom is -0.364 e. The summed E-state index contributed by atoms with van der Waals surface area (Å²) in [6.07, 6.45) is 4.03. The summed E-state index contributed by atoms with van der Waals surface area (Å²) in [5, 5.41) is 13.3. The van der Waals surface area contributed by atoms with E-state index in [4.69, 9.17) is 0 Å². The summed E-state index contributed by atoms with van der Waals surface area (Å²) in [6.45, 7) is 1.30. The second kappa shape index (κ2) is 5.64. The third-order valence-electron chi connectivity index (χ3n) is 3.91. The summed E-state index contributed by atoms with van der Waals surface area (Å²) in [4.78, 5) is 22.9. The van der Waals surface area contributed by atoms with Crippen molar-refractivity contribution in [1.29, 1.82) is 0 Å². The van der Waals surface area contributed by atoms with Crippen molar-refractivity contribution in [3.63, 3.8) is 0 Å². The van der Waals surface area contributed by atoms with Crippen LogP contribution in [0.5, 0.6) is 0 Å². The SMILES string of the molecule is O=C(c1cn[nH]n1)N1CC[C@@H](Nc2cnc3ccccc3n2)C1. The first-order valence-electron chi connectivity index (χ1n) is 7.43. The maximum absolute atomic E-state index is 12.2. The minimum atomic E-state index is -0.104. The van der Waals surface area contributed by atoms with Gasteiger partial charge in [-0.1, -0.05) is 12.1 Å². The number of benzene rings is 1. The molecule has 0 radical (unpaired) electrons. The summed E-state index contributed by atoms with van der Waals surface area (Å²) < 4.78 is 0. The number of fused-ring (bicyclic) bond motifs is 1. The molecular formula is C15H15N7O. The van der Waals surface area contributed by atoms with E-state index in [0.717, 1.165) is 23.3 Å². The fourth-order valence-electron chi connectivity index (χ4n) is 2.77. The third kappa shape index (κ3) is 2.70. The number of amides is 1. The number of H-pyrrole nitrogens is 1. The Balaban J connectivity index is 1.44. The molecule has 1 aliphatic rings. The number of carbonyl (C=O) groups excluding carboxylic acids is 1. The molecule has 0 bridgehead atoms. The minimum absolute atomic E-state index is 0.104. The fourth-order valence-corrected chi connectivity index (χ4v) is 2.77. The summed E-state index contributed by atoms with van der Waals surface area (Å²) in [5.41, 5.74) is 2.06. The molecule has 0 unspecified atom stereocenters. The maximum Gasteiger partial charge on any atom is 0.276 e. The zero-order valence-corrected chi connectivity index (χ0v) is 12.3. The Morgan fingerprint density at radius 3 is 2.96 bits per heavy atom. The molecule has 1 fully saturated rings. The molecule has 3 heterocycles. The third-order valence-corrected chi connectivity index (χ3v) is 3.91. The van der Waals surface area contributed by atoms with Gasteiger partial charge in [0.2, 0.25) is 0 Å². The van der Waals surface area contributed by atoms with Gasteiger partial charge >= 0.3 is 0 Å². The zero-order chi connectivity index (χ0) is 15.6. The number of carbonyl (C=O) groups is 1. The van der Waals surface area contributed by atoms with Gasteiger partial charge in [0.25, 0.3) is 5.91 Å². The smallest absolute Gasteiger partial charge is 0.276 e. The highest BCUT2D eigenvalue weighted by Crippen LogP contribution is 2.17. The standard InChI is InChI=1S/C15H15N7O/c23-15(13-7-17-21-20-13)22-6-5-10(9-22)18-14-8-16-11-3-1-2-4-12(11)19-14/h1-4,7-8,10H,5-6,9H2,(H,18,19)(H,17,20,21)/t10-/m1/s1. The van der Waals surface area contributed by atoms with Crippen LogP contribution in [0.1, 0.15) is 16.9 Å². The van der Waals surface area contributed by atoms with Gasteiger partial charge in [-0.25, -0.2) is 4.98 Å². The lowest BCUT2D eigenvalue weighted by molar-refractivity contribution is 0.0785. The van der Waals surface area contributed by atoms with E-state index < -0.39 is 0 Å². The number of aromatic nitrogens is 5. The number of nitrogens with zero attached hydrogens (tertiary/aromatic N) is 5. The van der Waals surface area contributed by atoms with E-state index in [1.165, 1.54) is 6.20 Å². The van der Waals surface area contributed by atoms with E-state index in [9.17, 15) is 4.79 Å². The summed E-state index contributed by atoms with van der Waals surface area (Å²) in [5.74, 6) is 0.622. The van der Waals surface area contributed by atoms with Crippen LogP contribution in [0.4, 0.5) is 5.82 Å². The second-order valence-corrected chi connectivity index (χ2v) is 5.48. The van der Waals surface area contributed by atoms with Crippen molar-refractivity contribution in [1.82, 2.24) is 30.3 Å². The van der Waals surface area contributed by atoms with Crippen molar-refractivity contribution in [3.8, 4) is 0 Å². The molecule has 0 aliphatic carbocycles. The van der Waals surface area contributed by atoms with Gasteiger partial charge in [-0.15, -0.1) is 0 Å². The number of likely N-dealkylation sites (tertiary alicyclic amines) is 1. The molecule has 2 aromatic heterocycles. The molecule has 1 amide bonds. The van der Waals surface area contributed by atoms with E-state index >= 15 is 0 Å². The first kappa shape index (κ1) is 13.6. The molecule has 8 nitrogen and oxygen atoms in total. The van der Waals surface area contributed by atoms with Gasteiger partial charge in [-0.05, 0) is 18.6 Å². The largest absolute Gasteiger partial charge is 0.364 e. The van der Waals surface area contributed by atoms with Gasteiger partial charge in [-0.3, -0.25) is 9.78 Å². The van der Waals surface area contributed by atoms with Gasteiger partial charge in [-0.2, -0.15) is 15.4 Å². The van der Waals surface area contributed by atoms with Crippen LogP contribution < -0.4 is 5.32 Å². The molecule has 1 saturated heterocycles. The van der Waals surface area contributed by atoms with Crippen molar-refractivity contribution in [3.05, 3.63) is 42.4 Å². The van der Waals surface area contributed by atoms with E-state index in [0.29, 0.717) is 18.8 Å². The Morgan fingerprint density at radius 2 is 2.13 bits per heavy atom. The van der Waals surface area contributed by atoms with Crippen molar-refractivity contribution in [2.45, 2.75) is 12.5 Å². The lowest BCUT2D eigenvalue weighted by atomic mass is 10.2. The number of anilines is 1. The number of para-hydroxylation sites is 2. The van der Waals surface area contributed by atoms with Crippen molar-refractivity contribution in [2.75, 3.05) is 18.4 Å². The molecular weight excluding hydrogens is 294 g/mol. The lowest BCUT2D eigenvalue weighted by Gasteiger charge is -2.16. The molecule has 0 saturated carbocycles. The molecule has 3 aromatic rings. The Morgan fingerprint density at radius 1 is 1.26 bits per heavy atom. The summed E-state index contributed by atoms with van der Waals surface area (Å²) >= 11 is 0. The predicted molar refractivity (Wildman–Crippen MR) is 83.9 cm³/mol. The number of hydrogen-bond donors (Lipinski definition) is 2. The van der Waals surface area contributed by atoms with E-state index in [1.807, 2.05) is 24.3 Å². The molecule has 23 heavy (non-hydrogen) atoms. The topological polar surface area (TPSA) is 99.7 Å². The number of nitrogens with one attached hydrogen (secondary N) is 2. The van der Waals surface area contributed by atoms with Crippen LogP contribution in [0.2, 0.25) is 0 Å². The average molecular weight is 309 g/mol. The monoisotopic (exact) mass is 309 g/mol. The van der Waals surface area contributed by atoms with Gasteiger partial charge in [0, 0.05) is 19.1 Å². The van der Waals surface area contributed by atoms with E-state index in [2.05, 4.69) is 30.7 Å². The number of hydrogen-bond acceptors (Lipinski definition) is 6. The first-order chi connectivity index (χ1) is 11.3. The lowest BCUT2D eigenvalue weighted by Crippen LogP contribution is -2.32. The quantitative estimate of drug-likeness (QED) is 0.751. The second-order valence-electron chi connectivity index (χ2n) is 5.48. The number of rotatable bonds is 3. The van der Waals surface area contributed by atoms with Gasteiger partial charge in [0.1, 0.15) is 5.82 Å². The molecule has 1 aromatic carbocycles. The van der Waals surface area contributed by atoms with Gasteiger partial charge < -0.3 is 10.2 Å². The number of aromatic amines is 1. The van der Waals surface area contributed by atoms with E-state index in [1.54, 1.807) is 11.1 Å². The summed E-state index contributed by atoms with van der Waals surface area (Å²) in [7, 11) is 0. The zero-order valence-electron chi connectivity index (χ0n) is 12.3. The van der Waals surface area contributed by atoms with Crippen LogP contribution in [0.15, 0.2) is 36.7 Å².